The third-order valence-corrected chi connectivity index (χ3v) is 11.4. The van der Waals surface area contributed by atoms with Crippen LogP contribution in [0.5, 0.6) is 0 Å². The lowest BCUT2D eigenvalue weighted by molar-refractivity contribution is -0.338. The molecule has 4 rings (SSSR count). The van der Waals surface area contributed by atoms with Crippen molar-refractivity contribution in [1.29, 1.82) is 0 Å². The molecule has 17 heteroatoms. The van der Waals surface area contributed by atoms with Gasteiger partial charge in [0.05, 0.1) is 31.5 Å². The van der Waals surface area contributed by atoms with E-state index < -0.39 is 104 Å². The summed E-state index contributed by atoms with van der Waals surface area (Å²) >= 11 is 0. The Morgan fingerprint density at radius 1 is 0.907 bits per heavy atom. The second-order valence-corrected chi connectivity index (χ2v) is 15.4. The van der Waals surface area contributed by atoms with Crippen molar-refractivity contribution in [2.45, 2.75) is 171 Å². The van der Waals surface area contributed by atoms with Gasteiger partial charge in [0.2, 0.25) is 5.91 Å². The quantitative estimate of drug-likeness (QED) is 0.0786. The second-order valence-electron chi connectivity index (χ2n) is 15.4. The van der Waals surface area contributed by atoms with Crippen LogP contribution in [0.15, 0.2) is 0 Å². The summed E-state index contributed by atoms with van der Waals surface area (Å²) in [6.45, 7) is 5.09. The first-order chi connectivity index (χ1) is 25.8. The van der Waals surface area contributed by atoms with Crippen molar-refractivity contribution in [2.75, 3.05) is 26.4 Å². The topological polar surface area (TPSA) is 266 Å². The highest BCUT2D eigenvalue weighted by molar-refractivity contribution is 5.81. The molecule has 0 radical (unpaired) electrons. The number of hydrogen-bond acceptors (Lipinski definition) is 15. The molecule has 312 valence electrons. The zero-order chi connectivity index (χ0) is 39.5. The van der Waals surface area contributed by atoms with Crippen LogP contribution < -0.4 is 11.1 Å². The maximum Gasteiger partial charge on any atom is 0.332 e. The van der Waals surface area contributed by atoms with Gasteiger partial charge in [-0.25, -0.2) is 4.79 Å². The lowest BCUT2D eigenvalue weighted by atomic mass is 9.74. The number of aliphatic hydroxyl groups excluding tert-OH is 5. The van der Waals surface area contributed by atoms with Crippen LogP contribution in [0.2, 0.25) is 0 Å². The Morgan fingerprint density at radius 3 is 2.26 bits per heavy atom. The van der Waals surface area contributed by atoms with Gasteiger partial charge in [-0.05, 0) is 44.4 Å². The molecule has 0 aromatic carbocycles. The molecular weight excluding hydrogens is 712 g/mol. The number of carbonyl (C=O) groups excluding carboxylic acids is 2. The fraction of sp³-hybridized carbons (Fsp3) is 0.919. The summed E-state index contributed by atoms with van der Waals surface area (Å²) in [5.41, 5.74) is 5.50. The molecule has 2 saturated carbocycles. The van der Waals surface area contributed by atoms with Crippen molar-refractivity contribution in [2.24, 2.45) is 23.5 Å². The van der Waals surface area contributed by atoms with Crippen LogP contribution in [-0.2, 0) is 42.8 Å². The summed E-state index contributed by atoms with van der Waals surface area (Å²) in [4.78, 5) is 38.8. The smallest absolute Gasteiger partial charge is 0.332 e. The molecule has 54 heavy (non-hydrogen) atoms. The molecule has 9 N–H and O–H groups in total. The van der Waals surface area contributed by atoms with Crippen molar-refractivity contribution in [3.63, 3.8) is 0 Å². The van der Waals surface area contributed by atoms with E-state index >= 15 is 0 Å². The number of hydrogen-bond donors (Lipinski definition) is 8. The van der Waals surface area contributed by atoms with Gasteiger partial charge in [-0.2, -0.15) is 0 Å². The second kappa shape index (κ2) is 21.6. The summed E-state index contributed by atoms with van der Waals surface area (Å²) in [5.74, 6) is -2.55. The van der Waals surface area contributed by atoms with Gasteiger partial charge in [0.1, 0.15) is 48.4 Å². The molecule has 0 spiro atoms. The van der Waals surface area contributed by atoms with E-state index in [1.807, 2.05) is 6.92 Å². The summed E-state index contributed by atoms with van der Waals surface area (Å²) in [6, 6.07) is -1.27. The number of carbonyl (C=O) groups is 3. The highest BCUT2D eigenvalue weighted by Crippen LogP contribution is 2.40. The average Bonchev–Trinajstić information content (AvgIpc) is 3.15. The van der Waals surface area contributed by atoms with Gasteiger partial charge in [0.15, 0.2) is 18.7 Å². The molecule has 2 aliphatic heterocycles. The molecular formula is C37H64N2O15. The lowest BCUT2D eigenvalue weighted by Gasteiger charge is -2.49. The van der Waals surface area contributed by atoms with Crippen LogP contribution in [0.4, 0.5) is 0 Å². The number of Topliss-reactive ketones (excluding diaryl/α,β-unsaturated/α-hetero) is 1. The maximum atomic E-state index is 13.6. The molecule has 2 aliphatic carbocycles. The van der Waals surface area contributed by atoms with Crippen molar-refractivity contribution in [3.8, 4) is 0 Å². The highest BCUT2D eigenvalue weighted by atomic mass is 16.7. The molecule has 15 atom stereocenters. The first-order valence-corrected chi connectivity index (χ1v) is 19.7. The Hall–Kier alpha value is -1.87. The zero-order valence-corrected chi connectivity index (χ0v) is 31.8. The fourth-order valence-corrected chi connectivity index (χ4v) is 8.36. The van der Waals surface area contributed by atoms with Crippen molar-refractivity contribution >= 4 is 17.7 Å². The van der Waals surface area contributed by atoms with Crippen LogP contribution in [0.25, 0.3) is 0 Å². The number of aliphatic carboxylic acids is 1. The van der Waals surface area contributed by atoms with Crippen molar-refractivity contribution in [3.05, 3.63) is 0 Å². The number of nitrogens with two attached hydrogens (primary N) is 1. The van der Waals surface area contributed by atoms with E-state index in [4.69, 9.17) is 34.2 Å². The van der Waals surface area contributed by atoms with Gasteiger partial charge in [-0.15, -0.1) is 0 Å². The number of carboxylic acid groups (broad SMARTS) is 1. The number of ketones is 1. The Morgan fingerprint density at radius 2 is 1.63 bits per heavy atom. The normalized spacial score (nSPS) is 38.5. The minimum Gasteiger partial charge on any atom is -0.479 e. The van der Waals surface area contributed by atoms with Crippen LogP contribution in [0.1, 0.15) is 91.4 Å². The summed E-state index contributed by atoms with van der Waals surface area (Å²) in [5, 5.41) is 66.3. The molecule has 0 aromatic heterocycles. The van der Waals surface area contributed by atoms with Gasteiger partial charge in [0.25, 0.3) is 0 Å². The molecule has 17 nitrogen and oxygen atoms in total. The van der Waals surface area contributed by atoms with Gasteiger partial charge in [0, 0.05) is 32.4 Å². The van der Waals surface area contributed by atoms with E-state index in [0.717, 1.165) is 32.1 Å². The molecule has 0 aromatic rings. The summed E-state index contributed by atoms with van der Waals surface area (Å²) in [7, 11) is 0. The molecule has 4 aliphatic rings. The van der Waals surface area contributed by atoms with E-state index in [-0.39, 0.29) is 36.9 Å². The Kier molecular flexibility index (Phi) is 17.9. The minimum absolute atomic E-state index is 0.0298. The number of carboxylic acids is 1. The zero-order valence-electron chi connectivity index (χ0n) is 31.8. The van der Waals surface area contributed by atoms with Crippen LogP contribution >= 0.6 is 0 Å². The summed E-state index contributed by atoms with van der Waals surface area (Å²) in [6.07, 6.45) is -9.03. The minimum atomic E-state index is -1.62. The average molecular weight is 777 g/mol. The SMILES string of the molecule is CCC1CC(C(=O)CCCOCCN)C[C@@H](O[C@@H]2OC(CO)[C@H](O)C(O[C@@H](CC3CCCCC3)C(=O)O)C2NC(C)=O)[C@@H]1O[C@@H]1OC(C)[C@@H](O)C(O)[C@@H]1O. The van der Waals surface area contributed by atoms with E-state index in [9.17, 15) is 45.0 Å². The van der Waals surface area contributed by atoms with E-state index in [1.54, 1.807) is 0 Å². The number of ether oxygens (including phenoxy) is 6. The molecule has 1 amide bonds. The van der Waals surface area contributed by atoms with Crippen LogP contribution in [-0.4, -0.2) is 154 Å². The van der Waals surface area contributed by atoms with Gasteiger partial charge < -0.3 is 70.1 Å². The van der Waals surface area contributed by atoms with Gasteiger partial charge in [-0.3, -0.25) is 9.59 Å². The monoisotopic (exact) mass is 776 g/mol. The van der Waals surface area contributed by atoms with Crippen molar-refractivity contribution < 1.29 is 73.4 Å². The number of aliphatic hydroxyl groups is 5. The van der Waals surface area contributed by atoms with Crippen molar-refractivity contribution in [1.82, 2.24) is 5.32 Å². The molecule has 2 saturated heterocycles. The van der Waals surface area contributed by atoms with Crippen LogP contribution in [0.3, 0.4) is 0 Å². The first kappa shape index (κ1) is 44.8. The molecule has 0 bridgehead atoms. The number of amides is 1. The Bertz CT molecular complexity index is 1180. The standard InChI is InChI=1S/C37H64N2O15/c1-4-22-16-23(24(42)11-8-13-49-14-12-38)17-25(33(22)54-37-32(46)31(45)29(43)19(2)50-37)52-36-28(39-20(3)41)34(30(44)27(18-40)53-36)51-26(35(47)48)15-21-9-6-5-7-10-21/h19,21-23,25-34,36-37,40,43-46H,4-18,38H2,1-3H3,(H,39,41)(H,47,48)/t19?,22?,23?,25-,26+,27?,28?,29-,30+,31?,32+,33-,34?,36-,37+/m1/s1. The third-order valence-electron chi connectivity index (χ3n) is 11.4. The Labute approximate surface area is 317 Å². The predicted molar refractivity (Wildman–Crippen MR) is 190 cm³/mol. The van der Waals surface area contributed by atoms with Gasteiger partial charge in [-0.1, -0.05) is 45.4 Å². The van der Waals surface area contributed by atoms with E-state index in [2.05, 4.69) is 5.32 Å². The predicted octanol–water partition coefficient (Wildman–Crippen LogP) is -0.263. The molecule has 2 heterocycles. The number of nitrogens with one attached hydrogen (secondary N) is 1. The molecule has 4 fully saturated rings. The highest BCUT2D eigenvalue weighted by Gasteiger charge is 2.52. The maximum absolute atomic E-state index is 13.6. The Balaban J connectivity index is 1.64. The third kappa shape index (κ3) is 11.8. The summed E-state index contributed by atoms with van der Waals surface area (Å²) < 4.78 is 36.5. The van der Waals surface area contributed by atoms with E-state index in [0.29, 0.717) is 39.0 Å². The largest absolute Gasteiger partial charge is 0.479 e. The van der Waals surface area contributed by atoms with Gasteiger partial charge >= 0.3 is 5.97 Å². The number of rotatable bonds is 19. The molecule has 7 unspecified atom stereocenters. The first-order valence-electron chi connectivity index (χ1n) is 19.7. The fourth-order valence-electron chi connectivity index (χ4n) is 8.36. The van der Waals surface area contributed by atoms with Crippen LogP contribution in [0, 0.1) is 17.8 Å². The van der Waals surface area contributed by atoms with E-state index in [1.165, 1.54) is 13.8 Å². The lowest BCUT2D eigenvalue weighted by Crippen LogP contribution is -2.67.